The molecule has 0 aliphatic carbocycles. The van der Waals surface area contributed by atoms with E-state index in [0.717, 1.165) is 16.8 Å². The van der Waals surface area contributed by atoms with E-state index >= 15 is 0 Å². The van der Waals surface area contributed by atoms with Crippen LogP contribution >= 0.6 is 0 Å². The molecule has 0 aliphatic rings. The molecule has 2 heterocycles. The van der Waals surface area contributed by atoms with Gasteiger partial charge in [0, 0.05) is 42.2 Å². The standard InChI is InChI=1S/C21H25F3N4O2/c1-4-17(16-6-7-20(26-13-16)30-11-9-21(22,23)24)27-14(3)15-8-10-25-18(12-15)28-19(29)5-2/h4,6-8,10,12-14,27H,5,9,11H2,1-3H3,(H,25,28,29). The first-order chi connectivity index (χ1) is 14.2. The Labute approximate surface area is 173 Å². The van der Waals surface area contributed by atoms with Crippen LogP contribution in [0, 0.1) is 0 Å². The summed E-state index contributed by atoms with van der Waals surface area (Å²) in [7, 11) is 0. The SMILES string of the molecule is CC=C(NC(C)c1ccnc(NC(=O)CC)c1)c1ccc(OCCC(F)(F)F)nc1. The van der Waals surface area contributed by atoms with Crippen molar-refractivity contribution in [2.24, 2.45) is 0 Å². The van der Waals surface area contributed by atoms with Crippen LogP contribution in [0.2, 0.25) is 0 Å². The number of pyridine rings is 2. The summed E-state index contributed by atoms with van der Waals surface area (Å²) in [5, 5.41) is 6.10. The molecule has 162 valence electrons. The van der Waals surface area contributed by atoms with Gasteiger partial charge in [0.15, 0.2) is 0 Å². The molecule has 0 spiro atoms. The molecule has 0 saturated carbocycles. The predicted molar refractivity (Wildman–Crippen MR) is 109 cm³/mol. The van der Waals surface area contributed by atoms with Crippen molar-refractivity contribution in [3.8, 4) is 5.88 Å². The third-order valence-electron chi connectivity index (χ3n) is 4.22. The fourth-order valence-electron chi connectivity index (χ4n) is 2.56. The van der Waals surface area contributed by atoms with E-state index < -0.39 is 19.2 Å². The number of carbonyl (C=O) groups excluding carboxylic acids is 1. The number of allylic oxidation sites excluding steroid dienone is 1. The van der Waals surface area contributed by atoms with Crippen molar-refractivity contribution in [3.05, 3.63) is 53.9 Å². The van der Waals surface area contributed by atoms with Crippen molar-refractivity contribution in [2.75, 3.05) is 11.9 Å². The summed E-state index contributed by atoms with van der Waals surface area (Å²) < 4.78 is 41.6. The van der Waals surface area contributed by atoms with Crippen LogP contribution in [0.3, 0.4) is 0 Å². The fraction of sp³-hybridized carbons (Fsp3) is 0.381. The summed E-state index contributed by atoms with van der Waals surface area (Å²) in [4.78, 5) is 19.8. The predicted octanol–water partition coefficient (Wildman–Crippen LogP) is 4.87. The number of hydrogen-bond donors (Lipinski definition) is 2. The molecule has 0 aliphatic heterocycles. The van der Waals surface area contributed by atoms with Crippen molar-refractivity contribution >= 4 is 17.4 Å². The lowest BCUT2D eigenvalue weighted by Crippen LogP contribution is -2.18. The molecule has 2 aromatic heterocycles. The Balaban J connectivity index is 2.01. The van der Waals surface area contributed by atoms with Crippen molar-refractivity contribution in [1.29, 1.82) is 0 Å². The van der Waals surface area contributed by atoms with Gasteiger partial charge in [0.05, 0.1) is 13.0 Å². The Bertz CT molecular complexity index is 867. The molecule has 0 aromatic carbocycles. The number of ether oxygens (including phenoxy) is 1. The number of rotatable bonds is 9. The third-order valence-corrected chi connectivity index (χ3v) is 4.22. The molecule has 30 heavy (non-hydrogen) atoms. The lowest BCUT2D eigenvalue weighted by Gasteiger charge is -2.19. The summed E-state index contributed by atoms with van der Waals surface area (Å²) in [6.07, 6.45) is 0.122. The summed E-state index contributed by atoms with van der Waals surface area (Å²) in [6.45, 7) is 5.12. The van der Waals surface area contributed by atoms with Gasteiger partial charge in [-0.25, -0.2) is 9.97 Å². The number of amides is 1. The van der Waals surface area contributed by atoms with E-state index in [0.29, 0.717) is 12.2 Å². The van der Waals surface area contributed by atoms with Crippen LogP contribution in [0.15, 0.2) is 42.7 Å². The van der Waals surface area contributed by atoms with E-state index in [1.807, 2.05) is 26.0 Å². The number of aromatic nitrogens is 2. The fourth-order valence-corrected chi connectivity index (χ4v) is 2.56. The van der Waals surface area contributed by atoms with Crippen LogP contribution in [0.4, 0.5) is 19.0 Å². The molecule has 0 saturated heterocycles. The highest BCUT2D eigenvalue weighted by Gasteiger charge is 2.26. The first kappa shape index (κ1) is 23.2. The molecular weight excluding hydrogens is 397 g/mol. The number of nitrogens with zero attached hydrogens (tertiary/aromatic N) is 2. The van der Waals surface area contributed by atoms with Crippen molar-refractivity contribution < 1.29 is 22.7 Å². The van der Waals surface area contributed by atoms with E-state index in [4.69, 9.17) is 4.74 Å². The van der Waals surface area contributed by atoms with Gasteiger partial charge in [-0.3, -0.25) is 4.79 Å². The van der Waals surface area contributed by atoms with Gasteiger partial charge in [0.2, 0.25) is 11.8 Å². The molecule has 2 aromatic rings. The molecule has 1 atom stereocenters. The first-order valence-corrected chi connectivity index (χ1v) is 9.56. The average Bonchev–Trinajstić information content (AvgIpc) is 2.71. The minimum Gasteiger partial charge on any atom is -0.477 e. The highest BCUT2D eigenvalue weighted by molar-refractivity contribution is 5.89. The quantitative estimate of drug-likeness (QED) is 0.603. The van der Waals surface area contributed by atoms with Gasteiger partial charge in [0.1, 0.15) is 5.82 Å². The summed E-state index contributed by atoms with van der Waals surface area (Å²) in [5.74, 6) is 0.506. The molecule has 0 fully saturated rings. The second-order valence-electron chi connectivity index (χ2n) is 6.54. The number of hydrogen-bond acceptors (Lipinski definition) is 5. The summed E-state index contributed by atoms with van der Waals surface area (Å²) in [5.41, 5.74) is 2.49. The summed E-state index contributed by atoms with van der Waals surface area (Å²) in [6, 6.07) is 6.81. The molecule has 9 heteroatoms. The average molecular weight is 422 g/mol. The second-order valence-corrected chi connectivity index (χ2v) is 6.54. The monoisotopic (exact) mass is 422 g/mol. The van der Waals surface area contributed by atoms with Crippen LogP contribution in [0.1, 0.15) is 50.8 Å². The zero-order valence-electron chi connectivity index (χ0n) is 17.1. The van der Waals surface area contributed by atoms with Gasteiger partial charge in [-0.1, -0.05) is 13.0 Å². The van der Waals surface area contributed by atoms with Crippen LogP contribution in [0.25, 0.3) is 5.70 Å². The van der Waals surface area contributed by atoms with Crippen molar-refractivity contribution in [3.63, 3.8) is 0 Å². The Morgan fingerprint density at radius 2 is 2.03 bits per heavy atom. The van der Waals surface area contributed by atoms with Gasteiger partial charge < -0.3 is 15.4 Å². The normalized spacial score (nSPS) is 12.9. The minimum absolute atomic E-state index is 0.0980. The number of carbonyl (C=O) groups is 1. The van der Waals surface area contributed by atoms with E-state index in [2.05, 4.69) is 20.6 Å². The van der Waals surface area contributed by atoms with Crippen LogP contribution in [-0.4, -0.2) is 28.7 Å². The van der Waals surface area contributed by atoms with E-state index in [1.165, 1.54) is 12.3 Å². The van der Waals surface area contributed by atoms with Crippen molar-refractivity contribution in [2.45, 2.75) is 45.8 Å². The van der Waals surface area contributed by atoms with Gasteiger partial charge in [-0.05, 0) is 37.6 Å². The number of nitrogens with one attached hydrogen (secondary N) is 2. The molecule has 1 amide bonds. The smallest absolute Gasteiger partial charge is 0.392 e. The summed E-state index contributed by atoms with van der Waals surface area (Å²) >= 11 is 0. The van der Waals surface area contributed by atoms with Gasteiger partial charge in [-0.2, -0.15) is 13.2 Å². The maximum absolute atomic E-state index is 12.2. The molecule has 0 radical (unpaired) electrons. The maximum atomic E-state index is 12.2. The van der Waals surface area contributed by atoms with Crippen LogP contribution in [-0.2, 0) is 4.79 Å². The van der Waals surface area contributed by atoms with Gasteiger partial charge >= 0.3 is 6.18 Å². The third kappa shape index (κ3) is 7.38. The highest BCUT2D eigenvalue weighted by atomic mass is 19.4. The maximum Gasteiger partial charge on any atom is 0.392 e. The zero-order chi connectivity index (χ0) is 22.1. The highest BCUT2D eigenvalue weighted by Crippen LogP contribution is 2.22. The van der Waals surface area contributed by atoms with Crippen molar-refractivity contribution in [1.82, 2.24) is 15.3 Å². The lowest BCUT2D eigenvalue weighted by molar-refractivity contribution is -0.139. The Morgan fingerprint density at radius 1 is 1.27 bits per heavy atom. The molecule has 6 nitrogen and oxygen atoms in total. The minimum atomic E-state index is -4.26. The van der Waals surface area contributed by atoms with E-state index in [1.54, 1.807) is 25.3 Å². The van der Waals surface area contributed by atoms with Crippen LogP contribution in [0.5, 0.6) is 5.88 Å². The number of anilines is 1. The zero-order valence-corrected chi connectivity index (χ0v) is 17.1. The second kappa shape index (κ2) is 10.6. The Morgan fingerprint density at radius 3 is 2.63 bits per heavy atom. The van der Waals surface area contributed by atoms with E-state index in [-0.39, 0.29) is 17.8 Å². The van der Waals surface area contributed by atoms with Gasteiger partial charge in [-0.15, -0.1) is 0 Å². The molecule has 2 rings (SSSR count). The first-order valence-electron chi connectivity index (χ1n) is 9.56. The number of halogens is 3. The van der Waals surface area contributed by atoms with Gasteiger partial charge in [0.25, 0.3) is 0 Å². The Hall–Kier alpha value is -3.10. The topological polar surface area (TPSA) is 76.1 Å². The lowest BCUT2D eigenvalue weighted by atomic mass is 10.1. The molecule has 0 bridgehead atoms. The largest absolute Gasteiger partial charge is 0.477 e. The molecular formula is C21H25F3N4O2. The molecule has 1 unspecified atom stereocenters. The van der Waals surface area contributed by atoms with E-state index in [9.17, 15) is 18.0 Å². The Kier molecular flexibility index (Phi) is 8.20. The molecule has 2 N–H and O–H groups in total. The number of alkyl halides is 3. The van der Waals surface area contributed by atoms with Crippen LogP contribution < -0.4 is 15.4 Å².